The zero-order chi connectivity index (χ0) is 11.2. The molecular weight excluding hydrogens is 224 g/mol. The molecule has 0 spiro atoms. The van der Waals surface area contributed by atoms with Gasteiger partial charge in [-0.15, -0.1) is 0 Å². The van der Waals surface area contributed by atoms with Crippen molar-refractivity contribution < 1.29 is 3.63 Å². The van der Waals surface area contributed by atoms with Gasteiger partial charge < -0.3 is 0 Å². The second-order valence-corrected chi connectivity index (χ2v) is 4.09. The van der Waals surface area contributed by atoms with Crippen molar-refractivity contribution in [3.63, 3.8) is 0 Å². The highest BCUT2D eigenvalue weighted by molar-refractivity contribution is 8.10. The van der Waals surface area contributed by atoms with E-state index in [1.165, 1.54) is 24.1 Å². The third-order valence-electron chi connectivity index (χ3n) is 1.40. The van der Waals surface area contributed by atoms with E-state index in [1.807, 2.05) is 36.8 Å². The molecule has 3 heteroatoms. The normalized spacial score (nSPS) is 12.9. The molecule has 0 aliphatic rings. The summed E-state index contributed by atoms with van der Waals surface area (Å²) in [6, 6.07) is 0. The first-order valence-electron chi connectivity index (χ1n) is 4.93. The Bertz CT molecular complexity index is 206. The fourth-order valence-corrected chi connectivity index (χ4v) is 1.61. The summed E-state index contributed by atoms with van der Waals surface area (Å²) in [6.07, 6.45) is 14.3. The Kier molecular flexibility index (Phi) is 13.3. The first-order chi connectivity index (χ1) is 7.41. The van der Waals surface area contributed by atoms with Gasteiger partial charge in [-0.1, -0.05) is 36.5 Å². The van der Waals surface area contributed by atoms with Crippen molar-refractivity contribution in [1.29, 1.82) is 0 Å². The van der Waals surface area contributed by atoms with Crippen LogP contribution in [0.2, 0.25) is 0 Å². The van der Waals surface area contributed by atoms with Crippen LogP contribution in [0.3, 0.4) is 0 Å². The van der Waals surface area contributed by atoms with Gasteiger partial charge in [0.2, 0.25) is 0 Å². The third kappa shape index (κ3) is 13.6. The zero-order valence-corrected chi connectivity index (χ0v) is 10.9. The maximum Gasteiger partial charge on any atom is 0.0364 e. The van der Waals surface area contributed by atoms with E-state index < -0.39 is 0 Å². The summed E-state index contributed by atoms with van der Waals surface area (Å²) in [4.78, 5) is 0. The van der Waals surface area contributed by atoms with Gasteiger partial charge in [0, 0.05) is 24.1 Å². The molecule has 0 aliphatic heterocycles. The van der Waals surface area contributed by atoms with Crippen LogP contribution < -0.4 is 0 Å². The Morgan fingerprint density at radius 1 is 0.800 bits per heavy atom. The van der Waals surface area contributed by atoms with Gasteiger partial charge in [0.05, 0.1) is 0 Å². The molecule has 0 aromatic rings. The molecule has 0 unspecified atom stereocenters. The Balaban J connectivity index is 3.23. The van der Waals surface area contributed by atoms with Crippen molar-refractivity contribution in [2.45, 2.75) is 26.7 Å². The maximum atomic E-state index is 5.21. The molecule has 84 valence electrons. The smallest absolute Gasteiger partial charge is 0.0364 e. The van der Waals surface area contributed by atoms with Crippen LogP contribution in [0.1, 0.15) is 26.7 Å². The maximum absolute atomic E-state index is 5.21. The molecule has 0 radical (unpaired) electrons. The Morgan fingerprint density at radius 3 is 1.67 bits per heavy atom. The van der Waals surface area contributed by atoms with Gasteiger partial charge in [0.1, 0.15) is 0 Å². The van der Waals surface area contributed by atoms with Crippen molar-refractivity contribution in [2.24, 2.45) is 0 Å². The fourth-order valence-electron chi connectivity index (χ4n) is 0.687. The highest BCUT2D eigenvalue weighted by atomic mass is 32.2. The molecule has 0 aromatic carbocycles. The van der Waals surface area contributed by atoms with Crippen molar-refractivity contribution in [3.05, 3.63) is 47.3 Å². The molecule has 0 fully saturated rings. The first-order valence-corrected chi connectivity index (χ1v) is 6.54. The number of rotatable bonds is 8. The molecule has 0 bridgehead atoms. The van der Waals surface area contributed by atoms with Crippen molar-refractivity contribution >= 4 is 24.1 Å². The van der Waals surface area contributed by atoms with Gasteiger partial charge >= 0.3 is 0 Å². The van der Waals surface area contributed by atoms with E-state index in [4.69, 9.17) is 3.63 Å². The molecule has 15 heavy (non-hydrogen) atoms. The van der Waals surface area contributed by atoms with Gasteiger partial charge in [-0.3, -0.25) is 0 Å². The molecule has 0 atom stereocenters. The molecule has 0 saturated carbocycles. The number of allylic oxidation sites excluding steroid dienone is 6. The lowest BCUT2D eigenvalue weighted by molar-refractivity contribution is 0.773. The summed E-state index contributed by atoms with van der Waals surface area (Å²) in [6.45, 7) is 4.03. The van der Waals surface area contributed by atoms with E-state index in [2.05, 4.69) is 24.3 Å². The summed E-state index contributed by atoms with van der Waals surface area (Å²) in [5.41, 5.74) is 0. The molecule has 0 rings (SSSR count). The standard InChI is InChI=1S/C12H18OS2/c1-3-5-7-9-11-14-13-15-12-10-8-6-4-2/h3-6,9-12H,7-8H2,1-2H3/b5-3+,6-4+,11-9+,12-10+. The lowest BCUT2D eigenvalue weighted by Crippen LogP contribution is -1.59. The average Bonchev–Trinajstić information content (AvgIpc) is 2.26. The van der Waals surface area contributed by atoms with Crippen LogP contribution in [-0.2, 0) is 3.63 Å². The van der Waals surface area contributed by atoms with Gasteiger partial charge in [0.15, 0.2) is 0 Å². The van der Waals surface area contributed by atoms with Gasteiger partial charge in [-0.2, -0.15) is 0 Å². The predicted octanol–water partition coefficient (Wildman–Crippen LogP) is 5.26. The highest BCUT2D eigenvalue weighted by Crippen LogP contribution is 2.17. The summed E-state index contributed by atoms with van der Waals surface area (Å²) >= 11 is 2.69. The molecule has 0 heterocycles. The minimum Gasteiger partial charge on any atom is -0.238 e. The predicted molar refractivity (Wildman–Crippen MR) is 73.4 cm³/mol. The monoisotopic (exact) mass is 242 g/mol. The van der Waals surface area contributed by atoms with Crippen LogP contribution in [0.15, 0.2) is 47.3 Å². The van der Waals surface area contributed by atoms with Gasteiger partial charge in [0.25, 0.3) is 0 Å². The van der Waals surface area contributed by atoms with E-state index in [9.17, 15) is 0 Å². The van der Waals surface area contributed by atoms with Crippen molar-refractivity contribution in [2.75, 3.05) is 0 Å². The highest BCUT2D eigenvalue weighted by Gasteiger charge is 1.80. The first kappa shape index (κ1) is 14.6. The molecule has 1 nitrogen and oxygen atoms in total. The minimum absolute atomic E-state index is 0.967. The number of hydrogen-bond donors (Lipinski definition) is 0. The molecule has 0 saturated heterocycles. The molecule has 0 N–H and O–H groups in total. The van der Waals surface area contributed by atoms with Crippen LogP contribution in [0, 0.1) is 0 Å². The Hall–Kier alpha value is -0.380. The Morgan fingerprint density at radius 2 is 1.27 bits per heavy atom. The van der Waals surface area contributed by atoms with Crippen molar-refractivity contribution in [3.8, 4) is 0 Å². The van der Waals surface area contributed by atoms with E-state index in [1.54, 1.807) is 0 Å². The van der Waals surface area contributed by atoms with Crippen LogP contribution in [0.5, 0.6) is 0 Å². The SMILES string of the molecule is C/C=C/C/C=C/SOS/C=C/C/C=C/C. The second kappa shape index (κ2) is 13.6. The van der Waals surface area contributed by atoms with E-state index in [-0.39, 0.29) is 0 Å². The van der Waals surface area contributed by atoms with E-state index in [0.717, 1.165) is 12.8 Å². The van der Waals surface area contributed by atoms with Crippen LogP contribution in [0.4, 0.5) is 0 Å². The lowest BCUT2D eigenvalue weighted by atomic mass is 10.4. The van der Waals surface area contributed by atoms with E-state index in [0.29, 0.717) is 0 Å². The summed E-state index contributed by atoms with van der Waals surface area (Å²) in [5.74, 6) is 0. The molecular formula is C12H18OS2. The average molecular weight is 242 g/mol. The fraction of sp³-hybridized carbons (Fsp3) is 0.333. The third-order valence-corrected chi connectivity index (χ3v) is 2.63. The van der Waals surface area contributed by atoms with Gasteiger partial charge in [-0.05, 0) is 37.5 Å². The van der Waals surface area contributed by atoms with E-state index >= 15 is 0 Å². The van der Waals surface area contributed by atoms with Crippen molar-refractivity contribution in [1.82, 2.24) is 0 Å². The zero-order valence-electron chi connectivity index (χ0n) is 9.26. The van der Waals surface area contributed by atoms with Crippen LogP contribution in [0.25, 0.3) is 0 Å². The summed E-state index contributed by atoms with van der Waals surface area (Å²) in [5, 5.41) is 3.90. The van der Waals surface area contributed by atoms with Crippen LogP contribution in [-0.4, -0.2) is 0 Å². The number of hydrogen-bond acceptors (Lipinski definition) is 3. The molecule has 0 aliphatic carbocycles. The van der Waals surface area contributed by atoms with Gasteiger partial charge in [-0.25, -0.2) is 3.63 Å². The lowest BCUT2D eigenvalue weighted by Gasteiger charge is -1.89. The summed E-state index contributed by atoms with van der Waals surface area (Å²) in [7, 11) is 0. The van der Waals surface area contributed by atoms with Crippen LogP contribution >= 0.6 is 24.1 Å². The quantitative estimate of drug-likeness (QED) is 0.326. The Labute approximate surface area is 102 Å². The largest absolute Gasteiger partial charge is 0.238 e. The minimum atomic E-state index is 0.967. The topological polar surface area (TPSA) is 9.23 Å². The molecule has 0 amide bonds. The molecule has 0 aromatic heterocycles. The summed E-state index contributed by atoms with van der Waals surface area (Å²) < 4.78 is 5.21. The second-order valence-electron chi connectivity index (χ2n) is 2.61.